The normalized spacial score (nSPS) is 25.2. The summed E-state index contributed by atoms with van der Waals surface area (Å²) in [6.07, 6.45) is -3.69. The maximum absolute atomic E-state index is 12.4. The van der Waals surface area contributed by atoms with Crippen molar-refractivity contribution in [1.29, 1.82) is 0 Å². The van der Waals surface area contributed by atoms with E-state index in [0.29, 0.717) is 25.2 Å². The molecule has 0 aliphatic carbocycles. The van der Waals surface area contributed by atoms with E-state index in [4.69, 9.17) is 4.74 Å². The van der Waals surface area contributed by atoms with Gasteiger partial charge in [-0.05, 0) is 24.1 Å². The third-order valence-corrected chi connectivity index (χ3v) is 3.23. The topological polar surface area (TPSA) is 29.5 Å². The number of halogens is 3. The summed E-state index contributed by atoms with van der Waals surface area (Å²) in [4.78, 5) is 0. The van der Waals surface area contributed by atoms with Gasteiger partial charge in [0.05, 0.1) is 18.8 Å². The van der Waals surface area contributed by atoms with Crippen LogP contribution in [0.3, 0.4) is 0 Å². The zero-order valence-electron chi connectivity index (χ0n) is 9.13. The molecule has 2 nitrogen and oxygen atoms in total. The molecule has 1 aliphatic rings. The van der Waals surface area contributed by atoms with Gasteiger partial charge in [-0.15, -0.1) is 0 Å². The molecule has 1 aromatic carbocycles. The quantitative estimate of drug-likeness (QED) is 0.868. The number of rotatable bonds is 2. The number of aliphatic hydroxyl groups excluding tert-OH is 1. The first-order chi connectivity index (χ1) is 7.98. The maximum Gasteiger partial charge on any atom is 0.416 e. The van der Waals surface area contributed by atoms with Gasteiger partial charge in [0.1, 0.15) is 0 Å². The number of alkyl halides is 3. The highest BCUT2D eigenvalue weighted by Crippen LogP contribution is 2.35. The van der Waals surface area contributed by atoms with Crippen molar-refractivity contribution in [2.75, 3.05) is 19.8 Å². The molecule has 0 aromatic heterocycles. The Balaban J connectivity index is 2.28. The third-order valence-electron chi connectivity index (χ3n) is 3.23. The fourth-order valence-electron chi connectivity index (χ4n) is 2.06. The highest BCUT2D eigenvalue weighted by Gasteiger charge is 2.37. The summed E-state index contributed by atoms with van der Waals surface area (Å²) in [5.41, 5.74) is -0.511. The largest absolute Gasteiger partial charge is 0.416 e. The molecule has 0 spiro atoms. The van der Waals surface area contributed by atoms with E-state index in [0.717, 1.165) is 12.1 Å². The van der Waals surface area contributed by atoms with Gasteiger partial charge in [0.15, 0.2) is 0 Å². The molecular formula is C12H13F3O2. The Morgan fingerprint density at radius 3 is 2.29 bits per heavy atom. The van der Waals surface area contributed by atoms with Gasteiger partial charge in [0.25, 0.3) is 0 Å². The molecule has 1 fully saturated rings. The summed E-state index contributed by atoms with van der Waals surface area (Å²) in [5.74, 6) is 0. The van der Waals surface area contributed by atoms with Crippen LogP contribution in [-0.4, -0.2) is 24.9 Å². The molecule has 1 unspecified atom stereocenters. The number of hydrogen-bond acceptors (Lipinski definition) is 2. The number of aliphatic hydroxyl groups is 1. The lowest BCUT2D eigenvalue weighted by Crippen LogP contribution is -2.30. The first-order valence-corrected chi connectivity index (χ1v) is 5.34. The van der Waals surface area contributed by atoms with Crippen LogP contribution in [0, 0.1) is 0 Å². The van der Waals surface area contributed by atoms with Crippen molar-refractivity contribution < 1.29 is 23.0 Å². The van der Waals surface area contributed by atoms with Gasteiger partial charge in [-0.1, -0.05) is 12.1 Å². The van der Waals surface area contributed by atoms with Crippen LogP contribution in [0.15, 0.2) is 24.3 Å². The van der Waals surface area contributed by atoms with Gasteiger partial charge in [-0.2, -0.15) is 13.2 Å². The highest BCUT2D eigenvalue weighted by molar-refractivity contribution is 5.31. The predicted molar refractivity (Wildman–Crippen MR) is 55.6 cm³/mol. The SMILES string of the molecule is OCC1(c2ccc(C(F)(F)F)cc2)CCOC1. The Labute approximate surface area is 97.0 Å². The first kappa shape index (κ1) is 12.4. The van der Waals surface area contributed by atoms with Crippen molar-refractivity contribution in [3.05, 3.63) is 35.4 Å². The summed E-state index contributed by atoms with van der Waals surface area (Å²) in [5, 5.41) is 9.40. The first-order valence-electron chi connectivity index (χ1n) is 5.34. The van der Waals surface area contributed by atoms with Gasteiger partial charge < -0.3 is 9.84 Å². The zero-order valence-corrected chi connectivity index (χ0v) is 9.13. The molecule has 2 rings (SSSR count). The van der Waals surface area contributed by atoms with Crippen molar-refractivity contribution in [1.82, 2.24) is 0 Å². The number of hydrogen-bond donors (Lipinski definition) is 1. The van der Waals surface area contributed by atoms with Gasteiger partial charge in [-0.25, -0.2) is 0 Å². The summed E-state index contributed by atoms with van der Waals surface area (Å²) in [6.45, 7) is 0.773. The molecular weight excluding hydrogens is 233 g/mol. The molecule has 1 saturated heterocycles. The molecule has 0 amide bonds. The van der Waals surface area contributed by atoms with E-state index in [9.17, 15) is 18.3 Å². The summed E-state index contributed by atoms with van der Waals surface area (Å²) >= 11 is 0. The molecule has 1 N–H and O–H groups in total. The van der Waals surface area contributed by atoms with Crippen molar-refractivity contribution >= 4 is 0 Å². The molecule has 0 radical (unpaired) electrons. The van der Waals surface area contributed by atoms with E-state index in [-0.39, 0.29) is 6.61 Å². The average Bonchev–Trinajstić information content (AvgIpc) is 2.78. The predicted octanol–water partition coefficient (Wildman–Crippen LogP) is 2.36. The Kier molecular flexibility index (Phi) is 3.14. The molecule has 17 heavy (non-hydrogen) atoms. The average molecular weight is 246 g/mol. The highest BCUT2D eigenvalue weighted by atomic mass is 19.4. The maximum atomic E-state index is 12.4. The van der Waals surface area contributed by atoms with Crippen LogP contribution in [0.5, 0.6) is 0 Å². The van der Waals surface area contributed by atoms with E-state index >= 15 is 0 Å². The smallest absolute Gasteiger partial charge is 0.395 e. The Bertz CT molecular complexity index is 378. The Morgan fingerprint density at radius 1 is 1.24 bits per heavy atom. The molecule has 1 atom stereocenters. The van der Waals surface area contributed by atoms with Crippen LogP contribution >= 0.6 is 0 Å². The summed E-state index contributed by atoms with van der Waals surface area (Å²) in [7, 11) is 0. The molecule has 0 saturated carbocycles. The molecule has 1 heterocycles. The van der Waals surface area contributed by atoms with Crippen LogP contribution < -0.4 is 0 Å². The fraction of sp³-hybridized carbons (Fsp3) is 0.500. The standard InChI is InChI=1S/C12H13F3O2/c13-12(14,15)10-3-1-9(2-4-10)11(7-16)5-6-17-8-11/h1-4,16H,5-8H2. The van der Waals surface area contributed by atoms with Gasteiger partial charge >= 0.3 is 6.18 Å². The second-order valence-corrected chi connectivity index (χ2v) is 4.32. The summed E-state index contributed by atoms with van der Waals surface area (Å²) < 4.78 is 42.4. The van der Waals surface area contributed by atoms with E-state index in [2.05, 4.69) is 0 Å². The molecule has 5 heteroatoms. The van der Waals surface area contributed by atoms with E-state index in [1.807, 2.05) is 0 Å². The van der Waals surface area contributed by atoms with Gasteiger partial charge in [0, 0.05) is 12.0 Å². The second-order valence-electron chi connectivity index (χ2n) is 4.32. The van der Waals surface area contributed by atoms with Crippen molar-refractivity contribution in [2.45, 2.75) is 18.0 Å². The third kappa shape index (κ3) is 2.30. The van der Waals surface area contributed by atoms with Crippen molar-refractivity contribution in [3.63, 3.8) is 0 Å². The lowest BCUT2D eigenvalue weighted by Gasteiger charge is -2.25. The summed E-state index contributed by atoms with van der Waals surface area (Å²) in [6, 6.07) is 4.94. The molecule has 94 valence electrons. The van der Waals surface area contributed by atoms with E-state index in [1.165, 1.54) is 12.1 Å². The van der Waals surface area contributed by atoms with Crippen LogP contribution in [0.4, 0.5) is 13.2 Å². The van der Waals surface area contributed by atoms with Gasteiger partial charge in [0.2, 0.25) is 0 Å². The van der Waals surface area contributed by atoms with Gasteiger partial charge in [-0.3, -0.25) is 0 Å². The van der Waals surface area contributed by atoms with E-state index < -0.39 is 17.2 Å². The van der Waals surface area contributed by atoms with E-state index in [1.54, 1.807) is 0 Å². The minimum absolute atomic E-state index is 0.113. The second kappa shape index (κ2) is 4.31. The monoisotopic (exact) mass is 246 g/mol. The van der Waals surface area contributed by atoms with Crippen LogP contribution in [-0.2, 0) is 16.3 Å². The van der Waals surface area contributed by atoms with Crippen molar-refractivity contribution in [3.8, 4) is 0 Å². The Hall–Kier alpha value is -1.07. The minimum Gasteiger partial charge on any atom is -0.395 e. The zero-order chi connectivity index (χ0) is 12.5. The fourth-order valence-corrected chi connectivity index (χ4v) is 2.06. The Morgan fingerprint density at radius 2 is 1.88 bits per heavy atom. The van der Waals surface area contributed by atoms with Crippen molar-refractivity contribution in [2.24, 2.45) is 0 Å². The van der Waals surface area contributed by atoms with Crippen LogP contribution in [0.1, 0.15) is 17.5 Å². The molecule has 1 aliphatic heterocycles. The molecule has 0 bridgehead atoms. The number of benzene rings is 1. The molecule has 1 aromatic rings. The lowest BCUT2D eigenvalue weighted by atomic mass is 9.80. The van der Waals surface area contributed by atoms with Crippen LogP contribution in [0.2, 0.25) is 0 Å². The number of ether oxygens (including phenoxy) is 1. The lowest BCUT2D eigenvalue weighted by molar-refractivity contribution is -0.137. The minimum atomic E-state index is -4.32. The van der Waals surface area contributed by atoms with Crippen LogP contribution in [0.25, 0.3) is 0 Å².